The summed E-state index contributed by atoms with van der Waals surface area (Å²) in [5.41, 5.74) is 8.32. The van der Waals surface area contributed by atoms with E-state index in [9.17, 15) is 0 Å². The van der Waals surface area contributed by atoms with E-state index in [4.69, 9.17) is 14.1 Å². The van der Waals surface area contributed by atoms with Crippen molar-refractivity contribution in [3.05, 3.63) is 121 Å². The normalized spacial score (nSPS) is 11.7. The third kappa shape index (κ3) is 3.01. The first-order valence-corrected chi connectivity index (χ1v) is 12.6. The van der Waals surface area contributed by atoms with Gasteiger partial charge in [-0.25, -0.2) is 0 Å². The molecule has 2 heterocycles. The highest BCUT2D eigenvalue weighted by Gasteiger charge is 2.21. The van der Waals surface area contributed by atoms with Gasteiger partial charge in [-0.15, -0.1) is 0 Å². The van der Waals surface area contributed by atoms with E-state index in [1.165, 1.54) is 0 Å². The number of rotatable bonds is 2. The molecule has 8 aromatic rings. The first kappa shape index (κ1) is 20.8. The summed E-state index contributed by atoms with van der Waals surface area (Å²) in [6.45, 7) is 0. The predicted octanol–water partition coefficient (Wildman–Crippen LogP) is 9.84. The van der Waals surface area contributed by atoms with Gasteiger partial charge in [0, 0.05) is 21.5 Å². The van der Waals surface area contributed by atoms with E-state index in [0.29, 0.717) is 5.56 Å². The van der Waals surface area contributed by atoms with Crippen LogP contribution in [0.15, 0.2) is 124 Å². The zero-order valence-corrected chi connectivity index (χ0v) is 20.2. The second-order valence-electron chi connectivity index (χ2n) is 9.67. The van der Waals surface area contributed by atoms with Crippen LogP contribution in [0, 0.1) is 11.3 Å². The average molecular weight is 486 g/mol. The number of benzene rings is 6. The maximum Gasteiger partial charge on any atom is 0.147 e. The molecule has 176 valence electrons. The lowest BCUT2D eigenvalue weighted by atomic mass is 9.95. The predicted molar refractivity (Wildman–Crippen MR) is 154 cm³/mol. The van der Waals surface area contributed by atoms with E-state index in [-0.39, 0.29) is 0 Å². The summed E-state index contributed by atoms with van der Waals surface area (Å²) in [7, 11) is 0. The number of furan rings is 2. The molecule has 0 aliphatic carbocycles. The third-order valence-electron chi connectivity index (χ3n) is 7.49. The summed E-state index contributed by atoms with van der Waals surface area (Å²) in [5, 5.41) is 15.8. The van der Waals surface area contributed by atoms with Crippen molar-refractivity contribution in [2.24, 2.45) is 0 Å². The molecule has 0 fully saturated rings. The zero-order chi connectivity index (χ0) is 25.2. The van der Waals surface area contributed by atoms with Crippen molar-refractivity contribution >= 4 is 54.6 Å². The molecule has 3 heteroatoms. The van der Waals surface area contributed by atoms with E-state index in [0.717, 1.165) is 76.9 Å². The molecule has 0 radical (unpaired) electrons. The van der Waals surface area contributed by atoms with Crippen LogP contribution in [0.1, 0.15) is 5.56 Å². The van der Waals surface area contributed by atoms with Gasteiger partial charge in [0.05, 0.1) is 17.2 Å². The average Bonchev–Trinajstić information content (AvgIpc) is 3.53. The summed E-state index contributed by atoms with van der Waals surface area (Å²) in [6, 6.07) is 41.5. The van der Waals surface area contributed by atoms with Crippen molar-refractivity contribution in [3.63, 3.8) is 0 Å². The van der Waals surface area contributed by atoms with Crippen LogP contribution in [0.2, 0.25) is 0 Å². The molecular weight excluding hydrogens is 466 g/mol. The monoisotopic (exact) mass is 485 g/mol. The largest absolute Gasteiger partial charge is 0.455 e. The number of nitriles is 1. The molecule has 0 atom stereocenters. The molecule has 2 aromatic heterocycles. The van der Waals surface area contributed by atoms with Crippen LogP contribution in [0.4, 0.5) is 0 Å². The Morgan fingerprint density at radius 3 is 1.61 bits per heavy atom. The Morgan fingerprint density at radius 2 is 1.00 bits per heavy atom. The van der Waals surface area contributed by atoms with E-state index < -0.39 is 0 Å². The highest BCUT2D eigenvalue weighted by atomic mass is 16.3. The van der Waals surface area contributed by atoms with Gasteiger partial charge in [-0.3, -0.25) is 0 Å². The fourth-order valence-corrected chi connectivity index (χ4v) is 5.62. The second kappa shape index (κ2) is 7.83. The third-order valence-corrected chi connectivity index (χ3v) is 7.49. The van der Waals surface area contributed by atoms with Crippen molar-refractivity contribution in [1.82, 2.24) is 0 Å². The number of hydrogen-bond donors (Lipinski definition) is 0. The van der Waals surface area contributed by atoms with Gasteiger partial charge >= 0.3 is 0 Å². The molecule has 38 heavy (non-hydrogen) atoms. The topological polar surface area (TPSA) is 50.1 Å². The number of para-hydroxylation sites is 2. The molecule has 0 spiro atoms. The zero-order valence-electron chi connectivity index (χ0n) is 20.2. The molecule has 0 N–H and O–H groups in total. The fraction of sp³-hybridized carbons (Fsp3) is 0. The molecule has 3 nitrogen and oxygen atoms in total. The van der Waals surface area contributed by atoms with Crippen LogP contribution in [-0.4, -0.2) is 0 Å². The van der Waals surface area contributed by atoms with Gasteiger partial charge in [0.2, 0.25) is 0 Å². The van der Waals surface area contributed by atoms with Crippen molar-refractivity contribution in [3.8, 4) is 28.3 Å². The van der Waals surface area contributed by atoms with E-state index in [2.05, 4.69) is 72.8 Å². The molecule has 0 saturated heterocycles. The Morgan fingerprint density at radius 1 is 0.474 bits per heavy atom. The maximum absolute atomic E-state index is 9.11. The first-order valence-electron chi connectivity index (χ1n) is 12.6. The number of fused-ring (bicyclic) bond motifs is 7. The van der Waals surface area contributed by atoms with Gasteiger partial charge in [0.15, 0.2) is 0 Å². The Bertz CT molecular complexity index is 2150. The molecule has 8 rings (SSSR count). The van der Waals surface area contributed by atoms with Crippen molar-refractivity contribution in [1.29, 1.82) is 5.26 Å². The lowest BCUT2D eigenvalue weighted by Gasteiger charge is -2.08. The summed E-state index contributed by atoms with van der Waals surface area (Å²) < 4.78 is 12.9. The van der Waals surface area contributed by atoms with E-state index in [1.54, 1.807) is 0 Å². The van der Waals surface area contributed by atoms with Gasteiger partial charge in [-0.1, -0.05) is 72.8 Å². The first-order chi connectivity index (χ1) is 18.8. The molecule has 0 bridgehead atoms. The highest BCUT2D eigenvalue weighted by molar-refractivity contribution is 6.22. The fourth-order valence-electron chi connectivity index (χ4n) is 5.62. The van der Waals surface area contributed by atoms with Crippen LogP contribution in [-0.2, 0) is 0 Å². The summed E-state index contributed by atoms with van der Waals surface area (Å²) in [5.74, 6) is 0. The lowest BCUT2D eigenvalue weighted by molar-refractivity contribution is 0.658. The molecular formula is C35H19NO2. The quantitative estimate of drug-likeness (QED) is 0.245. The minimum absolute atomic E-state index is 0.663. The molecule has 0 saturated carbocycles. The molecule has 0 unspecified atom stereocenters. The van der Waals surface area contributed by atoms with Gasteiger partial charge in [0.1, 0.15) is 22.3 Å². The Hall–Kier alpha value is -5.33. The highest BCUT2D eigenvalue weighted by Crippen LogP contribution is 2.44. The summed E-state index contributed by atoms with van der Waals surface area (Å²) in [4.78, 5) is 0. The standard InChI is InChI=1S/C35H19NO2/c36-20-21-9-11-22(12-10-21)23-13-14-25-18-26(16-15-24(25)17-23)33-34-29(27-5-1-3-7-31(27)37-34)19-30-28-6-2-4-8-32(28)38-35(30)33/h1-19H. The van der Waals surface area contributed by atoms with Crippen LogP contribution in [0.3, 0.4) is 0 Å². The molecule has 0 aliphatic heterocycles. The summed E-state index contributed by atoms with van der Waals surface area (Å²) in [6.07, 6.45) is 0. The lowest BCUT2D eigenvalue weighted by Crippen LogP contribution is -1.84. The van der Waals surface area contributed by atoms with Crippen LogP contribution in [0.25, 0.3) is 76.9 Å². The van der Waals surface area contributed by atoms with Crippen LogP contribution >= 0.6 is 0 Å². The molecule has 0 amide bonds. The van der Waals surface area contributed by atoms with Gasteiger partial charge in [-0.2, -0.15) is 5.26 Å². The second-order valence-corrected chi connectivity index (χ2v) is 9.67. The smallest absolute Gasteiger partial charge is 0.147 e. The van der Waals surface area contributed by atoms with Crippen LogP contribution in [0.5, 0.6) is 0 Å². The van der Waals surface area contributed by atoms with Gasteiger partial charge in [-0.05, 0) is 69.9 Å². The Kier molecular flexibility index (Phi) is 4.29. The van der Waals surface area contributed by atoms with Crippen molar-refractivity contribution in [2.45, 2.75) is 0 Å². The molecule has 6 aromatic carbocycles. The maximum atomic E-state index is 9.11. The molecule has 0 aliphatic rings. The van der Waals surface area contributed by atoms with Gasteiger partial charge in [0.25, 0.3) is 0 Å². The minimum Gasteiger partial charge on any atom is -0.455 e. The number of hydrogen-bond acceptors (Lipinski definition) is 3. The number of nitrogens with zero attached hydrogens (tertiary/aromatic N) is 1. The van der Waals surface area contributed by atoms with Crippen molar-refractivity contribution < 1.29 is 8.83 Å². The Balaban J connectivity index is 1.38. The summed E-state index contributed by atoms with van der Waals surface area (Å²) >= 11 is 0. The Labute approximate surface area is 217 Å². The van der Waals surface area contributed by atoms with Gasteiger partial charge < -0.3 is 8.83 Å². The minimum atomic E-state index is 0.663. The SMILES string of the molecule is N#Cc1ccc(-c2ccc3cc(-c4c5oc6ccccc6c5cc5c4oc4ccccc45)ccc3c2)cc1. The van der Waals surface area contributed by atoms with Crippen LogP contribution < -0.4 is 0 Å². The van der Waals surface area contributed by atoms with Crippen molar-refractivity contribution in [2.75, 3.05) is 0 Å². The van der Waals surface area contributed by atoms with E-state index >= 15 is 0 Å². The van der Waals surface area contributed by atoms with E-state index in [1.807, 2.05) is 48.5 Å².